The van der Waals surface area contributed by atoms with Crippen LogP contribution in [0.5, 0.6) is 0 Å². The highest BCUT2D eigenvalue weighted by Gasteiger charge is 2.22. The number of benzene rings is 1. The lowest BCUT2D eigenvalue weighted by atomic mass is 9.90. The molecular formula is C20H26N6. The number of hydrogen-bond donors (Lipinski definition) is 1. The van der Waals surface area contributed by atoms with Gasteiger partial charge in [-0.3, -0.25) is 4.68 Å². The van der Waals surface area contributed by atoms with Crippen LogP contribution in [0.2, 0.25) is 0 Å². The van der Waals surface area contributed by atoms with Crippen LogP contribution >= 0.6 is 0 Å². The zero-order valence-electron chi connectivity index (χ0n) is 15.5. The Labute approximate surface area is 154 Å². The fourth-order valence-corrected chi connectivity index (χ4v) is 3.72. The lowest BCUT2D eigenvalue weighted by molar-refractivity contribution is 0.379. The summed E-state index contributed by atoms with van der Waals surface area (Å²) in [7, 11) is 1.88. The number of rotatable bonds is 4. The average molecular weight is 350 g/mol. The normalized spacial score (nSPS) is 15.7. The summed E-state index contributed by atoms with van der Waals surface area (Å²) < 4.78 is 1.76. The maximum Gasteiger partial charge on any atom is 0.229 e. The van der Waals surface area contributed by atoms with Gasteiger partial charge in [0, 0.05) is 20.1 Å². The molecule has 136 valence electrons. The Bertz CT molecular complexity index is 891. The van der Waals surface area contributed by atoms with E-state index in [1.54, 1.807) is 10.9 Å². The molecule has 0 radical (unpaired) electrons. The molecule has 26 heavy (non-hydrogen) atoms. The van der Waals surface area contributed by atoms with Crippen molar-refractivity contribution >= 4 is 22.8 Å². The molecule has 3 heterocycles. The third kappa shape index (κ3) is 3.36. The van der Waals surface area contributed by atoms with E-state index < -0.39 is 0 Å². The summed E-state index contributed by atoms with van der Waals surface area (Å²) in [6, 6.07) is 8.91. The largest absolute Gasteiger partial charge is 0.383 e. The number of nitrogens with zero attached hydrogens (tertiary/aromatic N) is 5. The van der Waals surface area contributed by atoms with Gasteiger partial charge in [0.1, 0.15) is 5.82 Å². The van der Waals surface area contributed by atoms with Crippen molar-refractivity contribution < 1.29 is 0 Å². The lowest BCUT2D eigenvalue weighted by Crippen LogP contribution is -2.35. The molecule has 0 unspecified atom stereocenters. The molecule has 1 aliphatic rings. The van der Waals surface area contributed by atoms with Crippen molar-refractivity contribution in [3.63, 3.8) is 0 Å². The molecule has 3 aromatic rings. The van der Waals surface area contributed by atoms with Crippen molar-refractivity contribution in [1.82, 2.24) is 19.7 Å². The van der Waals surface area contributed by atoms with Crippen LogP contribution in [-0.4, -0.2) is 32.8 Å². The quantitative estimate of drug-likeness (QED) is 0.783. The van der Waals surface area contributed by atoms with E-state index in [0.29, 0.717) is 5.82 Å². The maximum absolute atomic E-state index is 6.10. The summed E-state index contributed by atoms with van der Waals surface area (Å²) in [5.41, 5.74) is 9.66. The Kier molecular flexibility index (Phi) is 4.49. The van der Waals surface area contributed by atoms with E-state index in [2.05, 4.69) is 51.2 Å². The average Bonchev–Trinajstić information content (AvgIpc) is 3.03. The predicted octanol–water partition coefficient (Wildman–Crippen LogP) is 3.10. The zero-order valence-corrected chi connectivity index (χ0v) is 15.5. The van der Waals surface area contributed by atoms with Gasteiger partial charge in [-0.15, -0.1) is 0 Å². The molecule has 1 saturated heterocycles. The van der Waals surface area contributed by atoms with E-state index in [9.17, 15) is 0 Å². The van der Waals surface area contributed by atoms with Crippen molar-refractivity contribution in [1.29, 1.82) is 0 Å². The minimum atomic E-state index is 0.514. The van der Waals surface area contributed by atoms with Crippen LogP contribution in [0.3, 0.4) is 0 Å². The first-order chi connectivity index (χ1) is 12.6. The summed E-state index contributed by atoms with van der Waals surface area (Å²) in [5.74, 6) is 2.01. The van der Waals surface area contributed by atoms with Gasteiger partial charge in [-0.05, 0) is 44.1 Å². The highest BCUT2D eigenvalue weighted by atomic mass is 15.3. The van der Waals surface area contributed by atoms with Gasteiger partial charge in [-0.25, -0.2) is 0 Å². The summed E-state index contributed by atoms with van der Waals surface area (Å²) in [6.45, 7) is 4.11. The van der Waals surface area contributed by atoms with Crippen molar-refractivity contribution in [2.24, 2.45) is 13.0 Å². The number of fused-ring (bicyclic) bond motifs is 1. The molecule has 4 rings (SSSR count). The molecule has 6 heteroatoms. The molecule has 0 saturated carbocycles. The molecule has 0 aliphatic carbocycles. The molecular weight excluding hydrogens is 324 g/mol. The Morgan fingerprint density at radius 3 is 2.58 bits per heavy atom. The predicted molar refractivity (Wildman–Crippen MR) is 105 cm³/mol. The van der Waals surface area contributed by atoms with Gasteiger partial charge in [-0.2, -0.15) is 15.1 Å². The van der Waals surface area contributed by atoms with Gasteiger partial charge in [-0.1, -0.05) is 29.8 Å². The summed E-state index contributed by atoms with van der Waals surface area (Å²) in [6.07, 6.45) is 6.50. The van der Waals surface area contributed by atoms with Gasteiger partial charge in [0.25, 0.3) is 0 Å². The Balaban J connectivity index is 1.37. The van der Waals surface area contributed by atoms with Crippen LogP contribution in [0, 0.1) is 12.8 Å². The zero-order chi connectivity index (χ0) is 18.1. The second-order valence-corrected chi connectivity index (χ2v) is 7.37. The van der Waals surface area contributed by atoms with Crippen LogP contribution < -0.4 is 10.6 Å². The van der Waals surface area contributed by atoms with Crippen LogP contribution in [0.1, 0.15) is 30.4 Å². The monoisotopic (exact) mass is 350 g/mol. The van der Waals surface area contributed by atoms with Gasteiger partial charge < -0.3 is 10.6 Å². The Morgan fingerprint density at radius 2 is 1.85 bits per heavy atom. The second-order valence-electron chi connectivity index (χ2n) is 7.37. The standard InChI is InChI=1S/C20H26N6/c1-14-3-5-15(6-4-14)7-8-16-9-11-26(12-10-16)20-23-18(21)17-13-22-25(2)19(17)24-20/h3-6,13,16H,7-12H2,1-2H3,(H2,21,23,24). The molecule has 0 bridgehead atoms. The first-order valence-electron chi connectivity index (χ1n) is 9.36. The van der Waals surface area contributed by atoms with E-state index in [4.69, 9.17) is 5.73 Å². The topological polar surface area (TPSA) is 72.9 Å². The Morgan fingerprint density at radius 1 is 1.12 bits per heavy atom. The maximum atomic E-state index is 6.10. The molecule has 2 aromatic heterocycles. The number of hydrogen-bond acceptors (Lipinski definition) is 5. The third-order valence-electron chi connectivity index (χ3n) is 5.47. The van der Waals surface area contributed by atoms with Crippen molar-refractivity contribution in [2.45, 2.75) is 32.6 Å². The highest BCUT2D eigenvalue weighted by Crippen LogP contribution is 2.27. The number of aryl methyl sites for hydroxylation is 3. The number of piperidine rings is 1. The molecule has 0 amide bonds. The SMILES string of the molecule is Cc1ccc(CCC2CCN(c3nc(N)c4cnn(C)c4n3)CC2)cc1. The third-order valence-corrected chi connectivity index (χ3v) is 5.47. The molecule has 0 atom stereocenters. The summed E-state index contributed by atoms with van der Waals surface area (Å²) >= 11 is 0. The number of nitrogens with two attached hydrogens (primary N) is 1. The number of anilines is 2. The molecule has 1 aromatic carbocycles. The van der Waals surface area contributed by atoms with Crippen LogP contribution in [-0.2, 0) is 13.5 Å². The van der Waals surface area contributed by atoms with Crippen molar-refractivity contribution in [3.05, 3.63) is 41.6 Å². The van der Waals surface area contributed by atoms with Gasteiger partial charge in [0.05, 0.1) is 11.6 Å². The number of nitrogen functional groups attached to an aromatic ring is 1. The lowest BCUT2D eigenvalue weighted by Gasteiger charge is -2.32. The minimum absolute atomic E-state index is 0.514. The van der Waals surface area contributed by atoms with Crippen LogP contribution in [0.4, 0.5) is 11.8 Å². The first-order valence-corrected chi connectivity index (χ1v) is 9.36. The smallest absolute Gasteiger partial charge is 0.229 e. The summed E-state index contributed by atoms with van der Waals surface area (Å²) in [5, 5.41) is 5.05. The van der Waals surface area contributed by atoms with Gasteiger partial charge in [0.15, 0.2) is 5.65 Å². The number of aromatic nitrogens is 4. The van der Waals surface area contributed by atoms with E-state index in [0.717, 1.165) is 42.4 Å². The minimum Gasteiger partial charge on any atom is -0.383 e. The molecule has 2 N–H and O–H groups in total. The van der Waals surface area contributed by atoms with E-state index in [1.807, 2.05) is 7.05 Å². The van der Waals surface area contributed by atoms with Crippen molar-refractivity contribution in [2.75, 3.05) is 23.7 Å². The highest BCUT2D eigenvalue weighted by molar-refractivity contribution is 5.86. The van der Waals surface area contributed by atoms with Crippen molar-refractivity contribution in [3.8, 4) is 0 Å². The first kappa shape index (κ1) is 16.8. The molecule has 0 spiro atoms. The van der Waals surface area contributed by atoms with E-state index in [-0.39, 0.29) is 0 Å². The second kappa shape index (κ2) is 6.94. The molecule has 6 nitrogen and oxygen atoms in total. The van der Waals surface area contributed by atoms with Crippen LogP contribution in [0.15, 0.2) is 30.5 Å². The Hall–Kier alpha value is -2.63. The fourth-order valence-electron chi connectivity index (χ4n) is 3.72. The summed E-state index contributed by atoms with van der Waals surface area (Å²) in [4.78, 5) is 11.4. The van der Waals surface area contributed by atoms with Crippen LogP contribution in [0.25, 0.3) is 11.0 Å². The molecule has 1 fully saturated rings. The van der Waals surface area contributed by atoms with Gasteiger partial charge in [0.2, 0.25) is 5.95 Å². The van der Waals surface area contributed by atoms with Gasteiger partial charge >= 0.3 is 0 Å². The molecule has 1 aliphatic heterocycles. The van der Waals surface area contributed by atoms with E-state index >= 15 is 0 Å². The van der Waals surface area contributed by atoms with E-state index in [1.165, 1.54) is 30.4 Å². The fraction of sp³-hybridized carbons (Fsp3) is 0.450.